The van der Waals surface area contributed by atoms with E-state index in [4.69, 9.17) is 11.1 Å². The summed E-state index contributed by atoms with van der Waals surface area (Å²) in [6, 6.07) is 4.03. The van der Waals surface area contributed by atoms with Gasteiger partial charge < -0.3 is 11.1 Å². The molecule has 0 saturated carbocycles. The van der Waals surface area contributed by atoms with Crippen LogP contribution in [0.1, 0.15) is 23.1 Å². The maximum Gasteiger partial charge on any atom is 0.0918 e. The van der Waals surface area contributed by atoms with Gasteiger partial charge in [-0.15, -0.1) is 11.3 Å². The van der Waals surface area contributed by atoms with Crippen molar-refractivity contribution in [3.8, 4) is 0 Å². The SMILES string of the molecule is CC(=N)c1cnnc(Cc2cccs2)c1N. The van der Waals surface area contributed by atoms with Crippen LogP contribution in [0, 0.1) is 5.41 Å². The van der Waals surface area contributed by atoms with E-state index in [0.29, 0.717) is 23.4 Å². The van der Waals surface area contributed by atoms with Gasteiger partial charge in [0.2, 0.25) is 0 Å². The summed E-state index contributed by atoms with van der Waals surface area (Å²) in [5.74, 6) is 0. The first-order chi connectivity index (χ1) is 7.68. The topological polar surface area (TPSA) is 75.7 Å². The summed E-state index contributed by atoms with van der Waals surface area (Å²) in [5.41, 5.74) is 8.35. The molecule has 0 saturated heterocycles. The minimum atomic E-state index is 0.417. The fourth-order valence-corrected chi connectivity index (χ4v) is 2.15. The van der Waals surface area contributed by atoms with Gasteiger partial charge in [0, 0.05) is 22.6 Å². The van der Waals surface area contributed by atoms with Gasteiger partial charge in [0.25, 0.3) is 0 Å². The number of nitrogen functional groups attached to an aromatic ring is 1. The van der Waals surface area contributed by atoms with Gasteiger partial charge in [0.15, 0.2) is 0 Å². The Kier molecular flexibility index (Phi) is 2.96. The van der Waals surface area contributed by atoms with Gasteiger partial charge in [-0.1, -0.05) is 6.07 Å². The van der Waals surface area contributed by atoms with Gasteiger partial charge >= 0.3 is 0 Å². The lowest BCUT2D eigenvalue weighted by Crippen LogP contribution is -2.07. The minimum absolute atomic E-state index is 0.417. The van der Waals surface area contributed by atoms with Crippen molar-refractivity contribution in [1.29, 1.82) is 5.41 Å². The van der Waals surface area contributed by atoms with Crippen molar-refractivity contribution in [3.05, 3.63) is 39.8 Å². The van der Waals surface area contributed by atoms with E-state index in [1.54, 1.807) is 18.3 Å². The molecule has 0 radical (unpaired) electrons. The smallest absolute Gasteiger partial charge is 0.0918 e. The highest BCUT2D eigenvalue weighted by Gasteiger charge is 2.10. The quantitative estimate of drug-likeness (QED) is 0.796. The van der Waals surface area contributed by atoms with Gasteiger partial charge in [0.1, 0.15) is 0 Å². The molecule has 2 heterocycles. The van der Waals surface area contributed by atoms with Crippen molar-refractivity contribution < 1.29 is 0 Å². The molecule has 0 fully saturated rings. The molecule has 0 unspecified atom stereocenters. The molecule has 2 aromatic heterocycles. The molecule has 2 rings (SSSR count). The van der Waals surface area contributed by atoms with E-state index >= 15 is 0 Å². The summed E-state index contributed by atoms with van der Waals surface area (Å²) in [6.07, 6.45) is 2.22. The molecule has 0 atom stereocenters. The summed E-state index contributed by atoms with van der Waals surface area (Å²) in [5, 5.41) is 17.5. The van der Waals surface area contributed by atoms with Crippen molar-refractivity contribution in [2.24, 2.45) is 0 Å². The average molecular weight is 232 g/mol. The van der Waals surface area contributed by atoms with Gasteiger partial charge in [-0.3, -0.25) is 0 Å². The molecular weight excluding hydrogens is 220 g/mol. The number of nitrogens with one attached hydrogen (secondary N) is 1. The van der Waals surface area contributed by atoms with Crippen molar-refractivity contribution in [3.63, 3.8) is 0 Å². The van der Waals surface area contributed by atoms with Gasteiger partial charge in [-0.2, -0.15) is 10.2 Å². The minimum Gasteiger partial charge on any atom is -0.397 e. The largest absolute Gasteiger partial charge is 0.397 e. The Morgan fingerprint density at radius 1 is 1.56 bits per heavy atom. The number of thiophene rings is 1. The van der Waals surface area contributed by atoms with Gasteiger partial charge in [-0.05, 0) is 18.4 Å². The highest BCUT2D eigenvalue weighted by atomic mass is 32.1. The monoisotopic (exact) mass is 232 g/mol. The van der Waals surface area contributed by atoms with E-state index in [1.165, 1.54) is 11.1 Å². The number of nitrogens with zero attached hydrogens (tertiary/aromatic N) is 2. The lowest BCUT2D eigenvalue weighted by atomic mass is 10.1. The Morgan fingerprint density at radius 2 is 2.38 bits per heavy atom. The number of aromatic nitrogens is 2. The van der Waals surface area contributed by atoms with E-state index in [-0.39, 0.29) is 0 Å². The number of nitrogens with two attached hydrogens (primary N) is 1. The molecule has 0 aliphatic heterocycles. The molecule has 3 N–H and O–H groups in total. The third kappa shape index (κ3) is 2.09. The predicted octanol–water partition coefficient (Wildman–Crippen LogP) is 2.10. The summed E-state index contributed by atoms with van der Waals surface area (Å²) < 4.78 is 0. The van der Waals surface area contributed by atoms with Crippen molar-refractivity contribution in [1.82, 2.24) is 10.2 Å². The molecule has 16 heavy (non-hydrogen) atoms. The third-order valence-electron chi connectivity index (χ3n) is 2.29. The lowest BCUT2D eigenvalue weighted by molar-refractivity contribution is 0.945. The summed E-state index contributed by atoms with van der Waals surface area (Å²) in [4.78, 5) is 1.20. The van der Waals surface area contributed by atoms with Crippen LogP contribution in [-0.2, 0) is 6.42 Å². The Bertz CT molecular complexity index is 505. The summed E-state index contributed by atoms with van der Waals surface area (Å²) >= 11 is 1.66. The normalized spacial score (nSPS) is 10.3. The standard InChI is InChI=1S/C11H12N4S/c1-7(12)9-6-14-15-10(11(9)13)5-8-3-2-4-16-8/h2-4,6,12H,5H2,1H3,(H2,13,14). The molecule has 82 valence electrons. The van der Waals surface area contributed by atoms with Crippen molar-refractivity contribution >= 4 is 22.7 Å². The molecule has 0 spiro atoms. The van der Waals surface area contributed by atoms with Crippen molar-refractivity contribution in [2.45, 2.75) is 13.3 Å². The molecule has 0 bridgehead atoms. The molecular formula is C11H12N4S. The Morgan fingerprint density at radius 3 is 3.00 bits per heavy atom. The van der Waals surface area contributed by atoms with Crippen LogP contribution in [0.25, 0.3) is 0 Å². The second-order valence-corrected chi connectivity index (χ2v) is 4.53. The third-order valence-corrected chi connectivity index (χ3v) is 3.17. The van der Waals surface area contributed by atoms with Crippen LogP contribution in [0.15, 0.2) is 23.7 Å². The first kappa shape index (κ1) is 10.8. The number of hydrogen-bond acceptors (Lipinski definition) is 5. The molecule has 0 amide bonds. The van der Waals surface area contributed by atoms with E-state index < -0.39 is 0 Å². The van der Waals surface area contributed by atoms with E-state index in [2.05, 4.69) is 10.2 Å². The molecule has 0 aromatic carbocycles. The second kappa shape index (κ2) is 4.40. The van der Waals surface area contributed by atoms with E-state index in [0.717, 1.165) is 5.69 Å². The van der Waals surface area contributed by atoms with Gasteiger partial charge in [0.05, 0.1) is 17.6 Å². The Labute approximate surface area is 97.7 Å². The fourth-order valence-electron chi connectivity index (χ4n) is 1.44. The maximum absolute atomic E-state index is 7.58. The summed E-state index contributed by atoms with van der Waals surface area (Å²) in [7, 11) is 0. The second-order valence-electron chi connectivity index (χ2n) is 3.50. The number of rotatable bonds is 3. The molecule has 0 aliphatic carbocycles. The number of anilines is 1. The zero-order valence-corrected chi connectivity index (χ0v) is 9.71. The van der Waals surface area contributed by atoms with Crippen LogP contribution in [-0.4, -0.2) is 15.9 Å². The predicted molar refractivity (Wildman–Crippen MR) is 66.1 cm³/mol. The molecule has 0 aliphatic rings. The lowest BCUT2D eigenvalue weighted by Gasteiger charge is -2.06. The van der Waals surface area contributed by atoms with E-state index in [1.807, 2.05) is 17.5 Å². The highest BCUT2D eigenvalue weighted by molar-refractivity contribution is 7.09. The van der Waals surface area contributed by atoms with E-state index in [9.17, 15) is 0 Å². The maximum atomic E-state index is 7.58. The first-order valence-electron chi connectivity index (χ1n) is 4.86. The fraction of sp³-hybridized carbons (Fsp3) is 0.182. The van der Waals surface area contributed by atoms with Crippen LogP contribution in [0.5, 0.6) is 0 Å². The van der Waals surface area contributed by atoms with Crippen LogP contribution in [0.3, 0.4) is 0 Å². The molecule has 2 aromatic rings. The zero-order valence-electron chi connectivity index (χ0n) is 8.90. The highest BCUT2D eigenvalue weighted by Crippen LogP contribution is 2.20. The Balaban J connectivity index is 2.35. The van der Waals surface area contributed by atoms with Crippen LogP contribution < -0.4 is 5.73 Å². The summed E-state index contributed by atoms with van der Waals surface area (Å²) in [6.45, 7) is 1.70. The zero-order chi connectivity index (χ0) is 11.5. The average Bonchev–Trinajstić information content (AvgIpc) is 2.73. The molecule has 5 heteroatoms. The Hall–Kier alpha value is -1.75. The van der Waals surface area contributed by atoms with Crippen LogP contribution in [0.2, 0.25) is 0 Å². The van der Waals surface area contributed by atoms with Crippen LogP contribution in [0.4, 0.5) is 5.69 Å². The van der Waals surface area contributed by atoms with Crippen LogP contribution >= 0.6 is 11.3 Å². The van der Waals surface area contributed by atoms with Gasteiger partial charge in [-0.25, -0.2) is 0 Å². The first-order valence-corrected chi connectivity index (χ1v) is 5.74. The van der Waals surface area contributed by atoms with Crippen molar-refractivity contribution in [2.75, 3.05) is 5.73 Å². The number of hydrogen-bond donors (Lipinski definition) is 2. The molecule has 4 nitrogen and oxygen atoms in total.